The molecule has 0 amide bonds. The van der Waals surface area contributed by atoms with Gasteiger partial charge in [-0.3, -0.25) is 4.90 Å². The molecule has 0 radical (unpaired) electrons. The number of nitrogens with one attached hydrogen (secondary N) is 1. The summed E-state index contributed by atoms with van der Waals surface area (Å²) in [5, 5.41) is 2.96. The van der Waals surface area contributed by atoms with Crippen LogP contribution in [0.25, 0.3) is 0 Å². The van der Waals surface area contributed by atoms with Gasteiger partial charge in [0.15, 0.2) is 0 Å². The molecule has 12 heavy (non-hydrogen) atoms. The molecule has 0 heterocycles. The van der Waals surface area contributed by atoms with Gasteiger partial charge in [0.05, 0.1) is 6.54 Å². The quantitative estimate of drug-likeness (QED) is 0.643. The zero-order chi connectivity index (χ0) is 9.61. The molecule has 0 saturated heterocycles. The van der Waals surface area contributed by atoms with E-state index in [0.717, 1.165) is 6.54 Å². The highest BCUT2D eigenvalue weighted by Crippen LogP contribution is 2.14. The maximum atomic E-state index is 11.8. The molecule has 5 heteroatoms. The molecule has 0 fully saturated rings. The van der Waals surface area contributed by atoms with Gasteiger partial charge in [-0.25, -0.2) is 0 Å². The minimum atomic E-state index is -4.08. The number of hydrogen-bond acceptors (Lipinski definition) is 2. The van der Waals surface area contributed by atoms with E-state index in [0.29, 0.717) is 13.1 Å². The molecule has 0 rings (SSSR count). The highest BCUT2D eigenvalue weighted by molar-refractivity contribution is 4.59. The molecule has 0 atom stereocenters. The second kappa shape index (κ2) is 5.37. The molecule has 0 saturated carbocycles. The van der Waals surface area contributed by atoms with Gasteiger partial charge in [-0.05, 0) is 13.6 Å². The summed E-state index contributed by atoms with van der Waals surface area (Å²) in [4.78, 5) is 1.25. The molecule has 0 aromatic rings. The number of likely N-dealkylation sites (N-methyl/N-ethyl adjacent to an activating group) is 2. The molecule has 0 aromatic heterocycles. The van der Waals surface area contributed by atoms with Crippen molar-refractivity contribution in [1.29, 1.82) is 0 Å². The van der Waals surface area contributed by atoms with Gasteiger partial charge in [0.25, 0.3) is 0 Å². The number of alkyl halides is 3. The van der Waals surface area contributed by atoms with Crippen LogP contribution < -0.4 is 5.32 Å². The number of nitrogens with zero attached hydrogens (tertiary/aromatic N) is 1. The van der Waals surface area contributed by atoms with Gasteiger partial charge in [0, 0.05) is 13.1 Å². The first-order valence-electron chi connectivity index (χ1n) is 3.91. The SMILES string of the molecule is CCNCCN(C)CC(F)(F)F. The zero-order valence-electron chi connectivity index (χ0n) is 7.41. The van der Waals surface area contributed by atoms with Crippen molar-refractivity contribution in [3.8, 4) is 0 Å². The molecule has 0 aliphatic rings. The van der Waals surface area contributed by atoms with Crippen LogP contribution in [0.3, 0.4) is 0 Å². The van der Waals surface area contributed by atoms with E-state index < -0.39 is 12.7 Å². The fraction of sp³-hybridized carbons (Fsp3) is 1.00. The molecule has 74 valence electrons. The Morgan fingerprint density at radius 3 is 2.33 bits per heavy atom. The highest BCUT2D eigenvalue weighted by atomic mass is 19.4. The van der Waals surface area contributed by atoms with E-state index in [2.05, 4.69) is 5.32 Å². The number of hydrogen-bond donors (Lipinski definition) is 1. The Hall–Kier alpha value is -0.290. The Labute approximate surface area is 70.7 Å². The third-order valence-corrected chi connectivity index (χ3v) is 1.37. The van der Waals surface area contributed by atoms with E-state index in [9.17, 15) is 13.2 Å². The summed E-state index contributed by atoms with van der Waals surface area (Å²) in [5.41, 5.74) is 0. The molecule has 0 aliphatic heterocycles. The fourth-order valence-electron chi connectivity index (χ4n) is 0.832. The van der Waals surface area contributed by atoms with Crippen molar-refractivity contribution < 1.29 is 13.2 Å². The maximum absolute atomic E-state index is 11.8. The van der Waals surface area contributed by atoms with Gasteiger partial charge < -0.3 is 5.32 Å². The maximum Gasteiger partial charge on any atom is 0.401 e. The van der Waals surface area contributed by atoms with Crippen LogP contribution in [0, 0.1) is 0 Å². The van der Waals surface area contributed by atoms with Crippen LogP contribution in [0.2, 0.25) is 0 Å². The third kappa shape index (κ3) is 7.81. The smallest absolute Gasteiger partial charge is 0.316 e. The topological polar surface area (TPSA) is 15.3 Å². The molecule has 0 unspecified atom stereocenters. The molecule has 0 bridgehead atoms. The summed E-state index contributed by atoms with van der Waals surface area (Å²) >= 11 is 0. The summed E-state index contributed by atoms with van der Waals surface area (Å²) < 4.78 is 35.3. The second-order valence-electron chi connectivity index (χ2n) is 2.71. The highest BCUT2D eigenvalue weighted by Gasteiger charge is 2.28. The van der Waals surface area contributed by atoms with E-state index in [1.165, 1.54) is 11.9 Å². The number of rotatable bonds is 5. The van der Waals surface area contributed by atoms with E-state index in [-0.39, 0.29) is 0 Å². The Balaban J connectivity index is 3.40. The molecule has 0 spiro atoms. The van der Waals surface area contributed by atoms with Gasteiger partial charge in [-0.1, -0.05) is 6.92 Å². The lowest BCUT2D eigenvalue weighted by atomic mass is 10.5. The lowest BCUT2D eigenvalue weighted by molar-refractivity contribution is -0.142. The van der Waals surface area contributed by atoms with E-state index in [1.807, 2.05) is 6.92 Å². The van der Waals surface area contributed by atoms with Crippen molar-refractivity contribution in [3.63, 3.8) is 0 Å². The van der Waals surface area contributed by atoms with Crippen molar-refractivity contribution in [1.82, 2.24) is 10.2 Å². The predicted molar refractivity (Wildman–Crippen MR) is 42.1 cm³/mol. The second-order valence-corrected chi connectivity index (χ2v) is 2.71. The minimum Gasteiger partial charge on any atom is -0.316 e. The summed E-state index contributed by atoms with van der Waals surface area (Å²) in [5.74, 6) is 0. The van der Waals surface area contributed by atoms with E-state index in [1.54, 1.807) is 0 Å². The Kier molecular flexibility index (Phi) is 5.24. The zero-order valence-corrected chi connectivity index (χ0v) is 7.41. The lowest BCUT2D eigenvalue weighted by Crippen LogP contribution is -2.35. The third-order valence-electron chi connectivity index (χ3n) is 1.37. The van der Waals surface area contributed by atoms with Crippen LogP contribution in [-0.2, 0) is 0 Å². The van der Waals surface area contributed by atoms with Gasteiger partial charge in [0.2, 0.25) is 0 Å². The molecule has 1 N–H and O–H groups in total. The average Bonchev–Trinajstić information content (AvgIpc) is 1.84. The molecular formula is C7H15F3N2. The van der Waals surface area contributed by atoms with Gasteiger partial charge in [-0.15, -0.1) is 0 Å². The van der Waals surface area contributed by atoms with Crippen LogP contribution in [-0.4, -0.2) is 44.3 Å². The first kappa shape index (κ1) is 11.7. The van der Waals surface area contributed by atoms with Crippen LogP contribution in [0.5, 0.6) is 0 Å². The van der Waals surface area contributed by atoms with Gasteiger partial charge in [0.1, 0.15) is 0 Å². The molecule has 0 aliphatic carbocycles. The van der Waals surface area contributed by atoms with Gasteiger partial charge >= 0.3 is 6.18 Å². The van der Waals surface area contributed by atoms with Crippen LogP contribution in [0.4, 0.5) is 13.2 Å². The summed E-state index contributed by atoms with van der Waals surface area (Å²) in [6.45, 7) is 2.90. The van der Waals surface area contributed by atoms with E-state index in [4.69, 9.17) is 0 Å². The largest absolute Gasteiger partial charge is 0.401 e. The Bertz CT molecular complexity index is 114. The predicted octanol–water partition coefficient (Wildman–Crippen LogP) is 1.09. The summed E-state index contributed by atoms with van der Waals surface area (Å²) in [7, 11) is 1.46. The standard InChI is InChI=1S/C7H15F3N2/c1-3-11-4-5-12(2)6-7(8,9)10/h11H,3-6H2,1-2H3. The average molecular weight is 184 g/mol. The van der Waals surface area contributed by atoms with Crippen molar-refractivity contribution in [2.45, 2.75) is 13.1 Å². The van der Waals surface area contributed by atoms with Crippen molar-refractivity contribution >= 4 is 0 Å². The minimum absolute atomic E-state index is 0.424. The van der Waals surface area contributed by atoms with E-state index >= 15 is 0 Å². The van der Waals surface area contributed by atoms with Gasteiger partial charge in [-0.2, -0.15) is 13.2 Å². The summed E-state index contributed by atoms with van der Waals surface area (Å²) in [6, 6.07) is 0. The molecule has 0 aromatic carbocycles. The van der Waals surface area contributed by atoms with Crippen LogP contribution in [0.15, 0.2) is 0 Å². The molecule has 2 nitrogen and oxygen atoms in total. The fourth-order valence-corrected chi connectivity index (χ4v) is 0.832. The normalized spacial score (nSPS) is 12.5. The van der Waals surface area contributed by atoms with Crippen LogP contribution in [0.1, 0.15) is 6.92 Å². The van der Waals surface area contributed by atoms with Crippen LogP contribution >= 0.6 is 0 Å². The Morgan fingerprint density at radius 1 is 1.33 bits per heavy atom. The van der Waals surface area contributed by atoms with Crippen molar-refractivity contribution in [3.05, 3.63) is 0 Å². The first-order valence-corrected chi connectivity index (χ1v) is 3.91. The number of halogens is 3. The Morgan fingerprint density at radius 2 is 1.92 bits per heavy atom. The van der Waals surface area contributed by atoms with Crippen molar-refractivity contribution in [2.24, 2.45) is 0 Å². The van der Waals surface area contributed by atoms with Crippen molar-refractivity contribution in [2.75, 3.05) is 33.2 Å². The molecular weight excluding hydrogens is 169 g/mol. The summed E-state index contributed by atoms with van der Waals surface area (Å²) in [6.07, 6.45) is -4.08. The lowest BCUT2D eigenvalue weighted by Gasteiger charge is -2.18. The monoisotopic (exact) mass is 184 g/mol. The first-order chi connectivity index (χ1) is 5.45.